The van der Waals surface area contributed by atoms with Gasteiger partial charge in [-0.2, -0.15) is 13.2 Å². The number of pyridine rings is 1. The summed E-state index contributed by atoms with van der Waals surface area (Å²) >= 11 is 6.22. The summed E-state index contributed by atoms with van der Waals surface area (Å²) in [5.74, 6) is 0.140. The maximum atomic E-state index is 12.9. The molecule has 0 saturated heterocycles. The van der Waals surface area contributed by atoms with Gasteiger partial charge >= 0.3 is 6.18 Å². The first kappa shape index (κ1) is 22.4. The molecule has 2 heterocycles. The van der Waals surface area contributed by atoms with Gasteiger partial charge in [0.25, 0.3) is 0 Å². The van der Waals surface area contributed by atoms with Gasteiger partial charge in [-0.15, -0.1) is 10.2 Å². The minimum absolute atomic E-state index is 0.117. The van der Waals surface area contributed by atoms with Crippen LogP contribution in [0.3, 0.4) is 0 Å². The van der Waals surface area contributed by atoms with Crippen molar-refractivity contribution in [2.75, 3.05) is 0 Å². The third kappa shape index (κ3) is 5.25. The maximum absolute atomic E-state index is 12.9. The Bertz CT molecular complexity index is 967. The van der Waals surface area contributed by atoms with Crippen molar-refractivity contribution in [1.82, 2.24) is 14.6 Å². The summed E-state index contributed by atoms with van der Waals surface area (Å²) in [4.78, 5) is 0. The van der Waals surface area contributed by atoms with E-state index in [0.717, 1.165) is 17.0 Å². The molecule has 8 heteroatoms. The minimum atomic E-state index is -4.12. The van der Waals surface area contributed by atoms with Crippen LogP contribution in [0.25, 0.3) is 5.65 Å². The summed E-state index contributed by atoms with van der Waals surface area (Å²) in [5, 5.41) is 9.06. The average molecular weight is 440 g/mol. The normalized spacial score (nSPS) is 13.0. The summed E-state index contributed by atoms with van der Waals surface area (Å²) < 4.78 is 46.4. The van der Waals surface area contributed by atoms with Crippen molar-refractivity contribution >= 4 is 17.2 Å². The molecular formula is C22H25ClF3N3O. The Morgan fingerprint density at radius 1 is 1.13 bits per heavy atom. The van der Waals surface area contributed by atoms with E-state index in [2.05, 4.69) is 10.2 Å². The highest BCUT2D eigenvalue weighted by atomic mass is 35.5. The van der Waals surface area contributed by atoms with Gasteiger partial charge < -0.3 is 4.74 Å². The first-order valence-corrected chi connectivity index (χ1v) is 10.4. The lowest BCUT2D eigenvalue weighted by Gasteiger charge is -2.18. The fraction of sp³-hybridized carbons (Fsp3) is 0.455. The molecule has 0 fully saturated rings. The quantitative estimate of drug-likeness (QED) is 0.354. The van der Waals surface area contributed by atoms with Crippen LogP contribution in [0.2, 0.25) is 5.02 Å². The van der Waals surface area contributed by atoms with Crippen molar-refractivity contribution in [3.8, 4) is 5.75 Å². The number of rotatable bonds is 9. The van der Waals surface area contributed by atoms with Gasteiger partial charge in [0, 0.05) is 18.2 Å². The molecule has 0 aliphatic carbocycles. The van der Waals surface area contributed by atoms with Gasteiger partial charge in [-0.1, -0.05) is 43.1 Å². The summed E-state index contributed by atoms with van der Waals surface area (Å²) in [5.41, 5.74) is 2.48. The molecule has 0 amide bonds. The third-order valence-electron chi connectivity index (χ3n) is 5.28. The van der Waals surface area contributed by atoms with Gasteiger partial charge in [0.1, 0.15) is 18.2 Å². The third-order valence-corrected chi connectivity index (χ3v) is 5.58. The van der Waals surface area contributed by atoms with Crippen LogP contribution in [0.15, 0.2) is 36.5 Å². The molecule has 1 atom stereocenters. The number of unbranched alkanes of at least 4 members (excludes halogenated alkanes) is 1. The number of fused-ring (bicyclic) bond motifs is 1. The predicted molar refractivity (Wildman–Crippen MR) is 111 cm³/mol. The van der Waals surface area contributed by atoms with E-state index in [1.165, 1.54) is 0 Å². The molecule has 3 aromatic rings. The fourth-order valence-electron chi connectivity index (χ4n) is 3.52. The molecule has 1 aromatic carbocycles. The van der Waals surface area contributed by atoms with Crippen LogP contribution in [0.4, 0.5) is 13.2 Å². The smallest absolute Gasteiger partial charge is 0.391 e. The molecule has 4 nitrogen and oxygen atoms in total. The Morgan fingerprint density at radius 3 is 2.63 bits per heavy atom. The Morgan fingerprint density at radius 2 is 1.93 bits per heavy atom. The summed E-state index contributed by atoms with van der Waals surface area (Å²) in [6.07, 6.45) is -0.291. The van der Waals surface area contributed by atoms with Crippen LogP contribution in [-0.4, -0.2) is 20.8 Å². The number of halogens is 4. The molecular weight excluding hydrogens is 415 g/mol. The summed E-state index contributed by atoms with van der Waals surface area (Å²) in [6, 6.07) is 9.37. The van der Waals surface area contributed by atoms with Crippen molar-refractivity contribution in [1.29, 1.82) is 0 Å². The molecule has 2 aromatic heterocycles. The molecule has 0 bridgehead atoms. The molecule has 162 valence electrons. The number of nitrogens with zero attached hydrogens (tertiary/aromatic N) is 3. The van der Waals surface area contributed by atoms with E-state index in [0.29, 0.717) is 35.7 Å². The Labute approximate surface area is 179 Å². The van der Waals surface area contributed by atoms with Gasteiger partial charge in [-0.3, -0.25) is 4.40 Å². The largest absolute Gasteiger partial charge is 0.487 e. The summed E-state index contributed by atoms with van der Waals surface area (Å²) in [6.45, 7) is 3.80. The Kier molecular flexibility index (Phi) is 7.23. The van der Waals surface area contributed by atoms with Crippen molar-refractivity contribution in [2.24, 2.45) is 5.92 Å². The Balaban J connectivity index is 1.64. The van der Waals surface area contributed by atoms with Crippen LogP contribution in [0, 0.1) is 12.8 Å². The number of aromatic nitrogens is 3. The van der Waals surface area contributed by atoms with Gasteiger partial charge in [-0.05, 0) is 43.9 Å². The second-order valence-electron chi connectivity index (χ2n) is 7.41. The van der Waals surface area contributed by atoms with Crippen molar-refractivity contribution < 1.29 is 17.9 Å². The average Bonchev–Trinajstić information content (AvgIpc) is 3.10. The number of hydrogen-bond acceptors (Lipinski definition) is 3. The molecule has 0 N–H and O–H groups in total. The molecule has 30 heavy (non-hydrogen) atoms. The van der Waals surface area contributed by atoms with Gasteiger partial charge in [0.15, 0.2) is 5.65 Å². The molecule has 3 rings (SSSR count). The highest BCUT2D eigenvalue weighted by molar-refractivity contribution is 6.32. The molecule has 0 aliphatic heterocycles. The lowest BCUT2D eigenvalue weighted by molar-refractivity contribution is -0.177. The maximum Gasteiger partial charge on any atom is 0.391 e. The van der Waals surface area contributed by atoms with Crippen molar-refractivity contribution in [3.63, 3.8) is 0 Å². The van der Waals surface area contributed by atoms with Crippen LogP contribution >= 0.6 is 11.6 Å². The first-order valence-electron chi connectivity index (χ1n) is 10.1. The fourth-order valence-corrected chi connectivity index (χ4v) is 3.80. The van der Waals surface area contributed by atoms with Crippen LogP contribution in [0.1, 0.15) is 49.6 Å². The molecule has 0 radical (unpaired) electrons. The van der Waals surface area contributed by atoms with E-state index in [1.807, 2.05) is 41.8 Å². The van der Waals surface area contributed by atoms with E-state index < -0.39 is 12.1 Å². The zero-order valence-electron chi connectivity index (χ0n) is 17.0. The zero-order chi connectivity index (χ0) is 21.7. The molecule has 0 saturated carbocycles. The van der Waals surface area contributed by atoms with E-state index in [4.69, 9.17) is 16.3 Å². The van der Waals surface area contributed by atoms with E-state index >= 15 is 0 Å². The second-order valence-corrected chi connectivity index (χ2v) is 7.82. The lowest BCUT2D eigenvalue weighted by atomic mass is 9.98. The first-order chi connectivity index (χ1) is 14.3. The standard InChI is InChI=1S/C22H25ClF3N3O/c1-3-17(22(24,25)26)10-4-5-12-19-27-28-21-16(9-7-13-29(19)21)14-30-20-15(2)8-6-11-18(20)23/h6-9,11,13,17H,3-5,10,12,14H2,1-2H3. The highest BCUT2D eigenvalue weighted by Gasteiger charge is 2.37. The monoisotopic (exact) mass is 439 g/mol. The second kappa shape index (κ2) is 9.69. The minimum Gasteiger partial charge on any atom is -0.487 e. The number of benzene rings is 1. The molecule has 0 spiro atoms. The number of ether oxygens (including phenoxy) is 1. The summed E-state index contributed by atoms with van der Waals surface area (Å²) in [7, 11) is 0. The van der Waals surface area contributed by atoms with Crippen LogP contribution in [-0.2, 0) is 13.0 Å². The molecule has 1 unspecified atom stereocenters. The van der Waals surface area contributed by atoms with Gasteiger partial charge in [0.05, 0.1) is 10.9 Å². The number of hydrogen-bond donors (Lipinski definition) is 0. The number of para-hydroxylation sites is 1. The van der Waals surface area contributed by atoms with Crippen molar-refractivity contribution in [3.05, 3.63) is 58.5 Å². The topological polar surface area (TPSA) is 39.4 Å². The van der Waals surface area contributed by atoms with Gasteiger partial charge in [0.2, 0.25) is 0 Å². The van der Waals surface area contributed by atoms with Crippen LogP contribution < -0.4 is 4.74 Å². The number of aryl methyl sites for hydroxylation is 2. The molecule has 0 aliphatic rings. The lowest BCUT2D eigenvalue weighted by Crippen LogP contribution is -2.22. The Hall–Kier alpha value is -2.28. The van der Waals surface area contributed by atoms with E-state index in [1.54, 1.807) is 13.0 Å². The van der Waals surface area contributed by atoms with E-state index in [9.17, 15) is 13.2 Å². The van der Waals surface area contributed by atoms with E-state index in [-0.39, 0.29) is 19.4 Å². The van der Waals surface area contributed by atoms with Gasteiger partial charge in [-0.25, -0.2) is 0 Å². The number of alkyl halides is 3. The SMILES string of the molecule is CCC(CCCCc1nnc2c(COc3c(C)cccc3Cl)cccn12)C(F)(F)F. The predicted octanol–water partition coefficient (Wildman–Crippen LogP) is 6.57. The highest BCUT2D eigenvalue weighted by Crippen LogP contribution is 2.33. The van der Waals surface area contributed by atoms with Crippen molar-refractivity contribution in [2.45, 2.75) is 58.7 Å². The zero-order valence-corrected chi connectivity index (χ0v) is 17.8. The van der Waals surface area contributed by atoms with Crippen LogP contribution in [0.5, 0.6) is 5.75 Å².